The molecule has 0 aliphatic carbocycles. The van der Waals surface area contributed by atoms with Crippen LogP contribution < -0.4 is 10.5 Å². The summed E-state index contributed by atoms with van der Waals surface area (Å²) in [6.07, 6.45) is 0.926. The summed E-state index contributed by atoms with van der Waals surface area (Å²) in [5.74, 6) is 0.406. The lowest BCUT2D eigenvalue weighted by Crippen LogP contribution is -2.02. The Kier molecular flexibility index (Phi) is 3.28. The van der Waals surface area contributed by atoms with Gasteiger partial charge in [0.2, 0.25) is 0 Å². The minimum atomic E-state index is 0.323. The van der Waals surface area contributed by atoms with Crippen molar-refractivity contribution in [2.45, 2.75) is 13.3 Å². The number of aromatic nitrogens is 2. The van der Waals surface area contributed by atoms with Crippen LogP contribution in [0.25, 0.3) is 0 Å². The van der Waals surface area contributed by atoms with E-state index >= 15 is 0 Å². The van der Waals surface area contributed by atoms with E-state index in [2.05, 4.69) is 25.9 Å². The summed E-state index contributed by atoms with van der Waals surface area (Å²) in [4.78, 5) is 7.86. The van der Waals surface area contributed by atoms with Gasteiger partial charge in [-0.1, -0.05) is 6.92 Å². The lowest BCUT2D eigenvalue weighted by molar-refractivity contribution is 0.292. The topological polar surface area (TPSA) is 61.0 Å². The third-order valence-corrected chi connectivity index (χ3v) is 1.54. The number of halogens is 1. The Bertz CT molecular complexity index is 247. The fourth-order valence-electron chi connectivity index (χ4n) is 0.671. The van der Waals surface area contributed by atoms with Crippen LogP contribution in [0.2, 0.25) is 0 Å². The maximum atomic E-state index is 5.47. The molecular formula is C7H10BrN3O. The van der Waals surface area contributed by atoms with Crippen molar-refractivity contribution < 1.29 is 4.74 Å². The van der Waals surface area contributed by atoms with Gasteiger partial charge < -0.3 is 10.5 Å². The summed E-state index contributed by atoms with van der Waals surface area (Å²) in [5, 5.41) is 0. The second-order valence-corrected chi connectivity index (χ2v) is 3.06. The zero-order chi connectivity index (χ0) is 8.97. The Morgan fingerprint density at radius 2 is 2.33 bits per heavy atom. The van der Waals surface area contributed by atoms with Crippen LogP contribution in [0.5, 0.6) is 6.01 Å². The van der Waals surface area contributed by atoms with Crippen molar-refractivity contribution in [3.05, 3.63) is 10.7 Å². The van der Waals surface area contributed by atoms with E-state index in [4.69, 9.17) is 10.5 Å². The van der Waals surface area contributed by atoms with Crippen LogP contribution in [-0.2, 0) is 0 Å². The number of rotatable bonds is 3. The van der Waals surface area contributed by atoms with Crippen molar-refractivity contribution in [3.63, 3.8) is 0 Å². The van der Waals surface area contributed by atoms with Crippen molar-refractivity contribution in [2.75, 3.05) is 12.3 Å². The number of nitrogens with two attached hydrogens (primary N) is 1. The summed E-state index contributed by atoms with van der Waals surface area (Å²) in [6.45, 7) is 2.62. The molecule has 0 unspecified atom stereocenters. The van der Waals surface area contributed by atoms with E-state index in [1.165, 1.54) is 0 Å². The molecule has 1 aromatic heterocycles. The highest BCUT2D eigenvalue weighted by Crippen LogP contribution is 2.13. The van der Waals surface area contributed by atoms with Gasteiger partial charge >= 0.3 is 6.01 Å². The standard InChI is InChI=1S/C7H10BrN3O/c1-2-3-12-7-10-5(8)4-6(9)11-7/h4H,2-3H2,1H3,(H2,9,10,11). The maximum absolute atomic E-state index is 5.47. The van der Waals surface area contributed by atoms with Gasteiger partial charge in [0.15, 0.2) is 0 Å². The molecule has 1 rings (SSSR count). The first kappa shape index (κ1) is 9.25. The number of hydrogen-bond donors (Lipinski definition) is 1. The highest BCUT2D eigenvalue weighted by molar-refractivity contribution is 9.10. The quantitative estimate of drug-likeness (QED) is 0.804. The van der Waals surface area contributed by atoms with Gasteiger partial charge in [-0.25, -0.2) is 0 Å². The molecule has 1 aromatic rings. The van der Waals surface area contributed by atoms with Gasteiger partial charge in [-0.05, 0) is 22.4 Å². The fraction of sp³-hybridized carbons (Fsp3) is 0.429. The normalized spacial score (nSPS) is 9.83. The van der Waals surface area contributed by atoms with Gasteiger partial charge in [-0.3, -0.25) is 0 Å². The summed E-state index contributed by atoms with van der Waals surface area (Å²) >= 11 is 3.19. The van der Waals surface area contributed by atoms with Crippen molar-refractivity contribution in [3.8, 4) is 6.01 Å². The lowest BCUT2D eigenvalue weighted by Gasteiger charge is -2.02. The van der Waals surface area contributed by atoms with E-state index in [0.717, 1.165) is 6.42 Å². The van der Waals surface area contributed by atoms with Crippen LogP contribution in [-0.4, -0.2) is 16.6 Å². The zero-order valence-electron chi connectivity index (χ0n) is 6.75. The molecule has 4 nitrogen and oxygen atoms in total. The molecule has 0 saturated heterocycles. The largest absolute Gasteiger partial charge is 0.463 e. The monoisotopic (exact) mass is 231 g/mol. The summed E-state index contributed by atoms with van der Waals surface area (Å²) < 4.78 is 5.82. The Morgan fingerprint density at radius 1 is 1.58 bits per heavy atom. The first-order valence-electron chi connectivity index (χ1n) is 3.65. The molecule has 0 saturated carbocycles. The Labute approximate surface area is 79.3 Å². The van der Waals surface area contributed by atoms with Crippen molar-refractivity contribution >= 4 is 21.7 Å². The highest BCUT2D eigenvalue weighted by atomic mass is 79.9. The van der Waals surface area contributed by atoms with Crippen LogP contribution in [0.1, 0.15) is 13.3 Å². The van der Waals surface area contributed by atoms with Crippen LogP contribution in [0.15, 0.2) is 10.7 Å². The first-order chi connectivity index (χ1) is 5.72. The summed E-state index contributed by atoms with van der Waals surface area (Å²) in [5.41, 5.74) is 5.47. The molecule has 0 aliphatic heterocycles. The molecule has 12 heavy (non-hydrogen) atoms. The van der Waals surface area contributed by atoms with Crippen LogP contribution >= 0.6 is 15.9 Å². The molecule has 0 radical (unpaired) electrons. The predicted octanol–water partition coefficient (Wildman–Crippen LogP) is 1.61. The van der Waals surface area contributed by atoms with Crippen LogP contribution in [0.4, 0.5) is 5.82 Å². The average Bonchev–Trinajstić information content (AvgIpc) is 1.99. The maximum Gasteiger partial charge on any atom is 0.319 e. The zero-order valence-corrected chi connectivity index (χ0v) is 8.34. The highest BCUT2D eigenvalue weighted by Gasteiger charge is 1.99. The Hall–Kier alpha value is -0.840. The van der Waals surface area contributed by atoms with Crippen molar-refractivity contribution in [2.24, 2.45) is 0 Å². The van der Waals surface area contributed by atoms with Crippen LogP contribution in [0, 0.1) is 0 Å². The van der Waals surface area contributed by atoms with Crippen molar-refractivity contribution in [1.29, 1.82) is 0 Å². The molecule has 0 bridgehead atoms. The first-order valence-corrected chi connectivity index (χ1v) is 4.44. The second kappa shape index (κ2) is 4.25. The van der Waals surface area contributed by atoms with Gasteiger partial charge in [0.25, 0.3) is 0 Å². The van der Waals surface area contributed by atoms with E-state index in [0.29, 0.717) is 23.0 Å². The van der Waals surface area contributed by atoms with Gasteiger partial charge in [0.05, 0.1) is 6.61 Å². The number of anilines is 1. The van der Waals surface area contributed by atoms with E-state index in [-0.39, 0.29) is 0 Å². The third-order valence-electron chi connectivity index (χ3n) is 1.13. The third kappa shape index (κ3) is 2.65. The minimum absolute atomic E-state index is 0.323. The molecule has 2 N–H and O–H groups in total. The molecular weight excluding hydrogens is 222 g/mol. The Balaban J connectivity index is 2.72. The number of ether oxygens (including phenoxy) is 1. The molecule has 0 aliphatic rings. The minimum Gasteiger partial charge on any atom is -0.463 e. The molecule has 0 spiro atoms. The second-order valence-electron chi connectivity index (χ2n) is 2.25. The fourth-order valence-corrected chi connectivity index (χ4v) is 1.06. The van der Waals surface area contributed by atoms with Gasteiger partial charge in [-0.2, -0.15) is 9.97 Å². The van der Waals surface area contributed by atoms with E-state index in [1.54, 1.807) is 6.07 Å². The van der Waals surface area contributed by atoms with Crippen molar-refractivity contribution in [1.82, 2.24) is 9.97 Å². The SMILES string of the molecule is CCCOc1nc(N)cc(Br)n1. The van der Waals surface area contributed by atoms with Gasteiger partial charge in [0.1, 0.15) is 10.4 Å². The number of nitrogen functional groups attached to an aromatic ring is 1. The molecule has 0 aromatic carbocycles. The predicted molar refractivity (Wildman–Crippen MR) is 49.9 cm³/mol. The molecule has 0 amide bonds. The molecule has 0 atom stereocenters. The van der Waals surface area contributed by atoms with Crippen LogP contribution in [0.3, 0.4) is 0 Å². The molecule has 66 valence electrons. The summed E-state index contributed by atoms with van der Waals surface area (Å²) in [6, 6.07) is 1.95. The van der Waals surface area contributed by atoms with Gasteiger partial charge in [-0.15, -0.1) is 0 Å². The molecule has 0 fully saturated rings. The van der Waals surface area contributed by atoms with E-state index in [9.17, 15) is 0 Å². The smallest absolute Gasteiger partial charge is 0.319 e. The lowest BCUT2D eigenvalue weighted by atomic mass is 10.5. The summed E-state index contributed by atoms with van der Waals surface area (Å²) in [7, 11) is 0. The molecule has 5 heteroatoms. The number of nitrogens with zero attached hydrogens (tertiary/aromatic N) is 2. The average molecular weight is 232 g/mol. The van der Waals surface area contributed by atoms with E-state index in [1.807, 2.05) is 6.92 Å². The van der Waals surface area contributed by atoms with E-state index < -0.39 is 0 Å². The Morgan fingerprint density at radius 3 is 2.92 bits per heavy atom. The molecule has 1 heterocycles. The number of hydrogen-bond acceptors (Lipinski definition) is 4. The van der Waals surface area contributed by atoms with Gasteiger partial charge in [0, 0.05) is 6.07 Å².